The van der Waals surface area contributed by atoms with Crippen LogP contribution in [0.4, 0.5) is 5.95 Å². The lowest BCUT2D eigenvalue weighted by molar-refractivity contribution is -0.128. The summed E-state index contributed by atoms with van der Waals surface area (Å²) in [5, 5.41) is 10.2. The molecule has 3 rings (SSSR count). The van der Waals surface area contributed by atoms with Crippen LogP contribution in [-0.4, -0.2) is 70.6 Å². The number of hydrogen-bond donors (Lipinski definition) is 5. The topological polar surface area (TPSA) is 188 Å². The van der Waals surface area contributed by atoms with Gasteiger partial charge >= 0.3 is 7.60 Å². The van der Waals surface area contributed by atoms with Gasteiger partial charge in [0.05, 0.1) is 18.5 Å². The van der Waals surface area contributed by atoms with Crippen LogP contribution in [0.25, 0.3) is 11.2 Å². The summed E-state index contributed by atoms with van der Waals surface area (Å²) in [6, 6.07) is -0.663. The number of nitrogens with zero attached hydrogens (tertiary/aromatic N) is 4. The number of nitrogens with two attached hydrogens (primary N) is 1. The van der Waals surface area contributed by atoms with E-state index >= 15 is 0 Å². The summed E-state index contributed by atoms with van der Waals surface area (Å²) in [7, 11) is -4.49. The number of aliphatic hydroxyl groups excluding tert-OH is 1. The number of nitrogen functional groups attached to an aromatic ring is 1. The number of hydrogen-bond acceptors (Lipinski definition) is 7. The molecule has 1 aliphatic heterocycles. The molecular weight excluding hydrogens is 343 g/mol. The number of fused-ring (bicyclic) bond motifs is 1. The molecule has 6 N–H and O–H groups in total. The SMILES string of the molecule is Nc1nc2c(ncn2[C@H]2CN(C(=O)CP(=O)(O)O)C[C@H]2O)c(=O)[nH]1. The Labute approximate surface area is 134 Å². The average Bonchev–Trinajstić information content (AvgIpc) is 3.00. The second-order valence-electron chi connectivity index (χ2n) is 5.53. The predicted molar refractivity (Wildman–Crippen MR) is 81.1 cm³/mol. The zero-order valence-corrected chi connectivity index (χ0v) is 13.1. The van der Waals surface area contributed by atoms with Gasteiger partial charge in [-0.3, -0.25) is 19.1 Å². The number of aromatic amines is 1. The van der Waals surface area contributed by atoms with Crippen LogP contribution in [0, 0.1) is 0 Å². The first-order valence-corrected chi connectivity index (χ1v) is 8.68. The lowest BCUT2D eigenvalue weighted by Gasteiger charge is -2.17. The number of aromatic nitrogens is 4. The minimum atomic E-state index is -4.49. The van der Waals surface area contributed by atoms with Gasteiger partial charge in [-0.15, -0.1) is 0 Å². The van der Waals surface area contributed by atoms with Crippen molar-refractivity contribution in [3.8, 4) is 0 Å². The third-order valence-electron chi connectivity index (χ3n) is 3.76. The van der Waals surface area contributed by atoms with Crippen molar-refractivity contribution >= 4 is 30.6 Å². The van der Waals surface area contributed by atoms with Gasteiger partial charge in [0.15, 0.2) is 11.2 Å². The number of imidazole rings is 1. The van der Waals surface area contributed by atoms with Crippen molar-refractivity contribution in [2.75, 3.05) is 25.0 Å². The first kappa shape index (κ1) is 16.6. The summed E-state index contributed by atoms with van der Waals surface area (Å²) < 4.78 is 12.4. The highest BCUT2D eigenvalue weighted by Crippen LogP contribution is 2.35. The number of anilines is 1. The Kier molecular flexibility index (Phi) is 3.92. The number of rotatable bonds is 3. The second kappa shape index (κ2) is 5.67. The van der Waals surface area contributed by atoms with Gasteiger partial charge in [-0.25, -0.2) is 4.98 Å². The molecule has 0 bridgehead atoms. The molecule has 0 aromatic carbocycles. The normalized spacial score (nSPS) is 21.5. The smallest absolute Gasteiger partial charge is 0.334 e. The second-order valence-corrected chi connectivity index (χ2v) is 7.18. The minimum Gasteiger partial charge on any atom is -0.389 e. The minimum absolute atomic E-state index is 0.000155. The quantitative estimate of drug-likeness (QED) is 0.373. The molecule has 2 aromatic rings. The van der Waals surface area contributed by atoms with Crippen molar-refractivity contribution in [3.63, 3.8) is 0 Å². The molecule has 2 aromatic heterocycles. The van der Waals surface area contributed by atoms with E-state index in [9.17, 15) is 19.3 Å². The number of H-pyrrole nitrogens is 1. The molecule has 0 unspecified atom stereocenters. The molecule has 0 saturated carbocycles. The van der Waals surface area contributed by atoms with E-state index in [0.717, 1.165) is 4.90 Å². The Bertz CT molecular complexity index is 902. The molecule has 0 spiro atoms. The fourth-order valence-electron chi connectivity index (χ4n) is 2.71. The fraction of sp³-hybridized carbons (Fsp3) is 0.455. The zero-order chi connectivity index (χ0) is 17.6. The molecule has 1 saturated heterocycles. The number of carbonyl (C=O) groups is 1. The van der Waals surface area contributed by atoms with E-state index in [1.807, 2.05) is 0 Å². The van der Waals surface area contributed by atoms with Crippen LogP contribution >= 0.6 is 7.60 Å². The number of carbonyl (C=O) groups excluding carboxylic acids is 1. The fourth-order valence-corrected chi connectivity index (χ4v) is 3.26. The molecule has 3 heterocycles. The van der Waals surface area contributed by atoms with Crippen molar-refractivity contribution in [2.45, 2.75) is 12.1 Å². The number of aliphatic hydroxyl groups is 1. The van der Waals surface area contributed by atoms with Crippen LogP contribution in [0.3, 0.4) is 0 Å². The standard InChI is InChI=1S/C11H15N6O6P/c12-11-14-9-8(10(20)15-11)13-4-17(9)5-1-16(2-6(5)18)7(19)3-24(21,22)23/h4-6,18H,1-3H2,(H2,21,22,23)(H3,12,14,15,20)/t5-,6+/m0/s1. The molecule has 12 nitrogen and oxygen atoms in total. The summed E-state index contributed by atoms with van der Waals surface area (Å²) in [4.78, 5) is 52.8. The Morgan fingerprint density at radius 3 is 2.83 bits per heavy atom. The first-order chi connectivity index (χ1) is 11.2. The maximum atomic E-state index is 11.9. The first-order valence-electron chi connectivity index (χ1n) is 6.88. The van der Waals surface area contributed by atoms with Crippen LogP contribution in [0.1, 0.15) is 6.04 Å². The Balaban J connectivity index is 1.90. The van der Waals surface area contributed by atoms with Crippen molar-refractivity contribution in [2.24, 2.45) is 0 Å². The molecule has 2 atom stereocenters. The Hall–Kier alpha value is -2.27. The van der Waals surface area contributed by atoms with Gasteiger partial charge < -0.3 is 30.1 Å². The number of amides is 1. The lowest BCUT2D eigenvalue weighted by Crippen LogP contribution is -2.32. The summed E-state index contributed by atoms with van der Waals surface area (Å²) in [5.41, 5.74) is 5.18. The maximum Gasteiger partial charge on any atom is 0.334 e. The van der Waals surface area contributed by atoms with Gasteiger partial charge in [0.1, 0.15) is 6.16 Å². The monoisotopic (exact) mass is 358 g/mol. The van der Waals surface area contributed by atoms with E-state index in [2.05, 4.69) is 15.0 Å². The van der Waals surface area contributed by atoms with Crippen molar-refractivity contribution < 1.29 is 24.3 Å². The van der Waals surface area contributed by atoms with E-state index in [-0.39, 0.29) is 30.2 Å². The van der Waals surface area contributed by atoms with Crippen LogP contribution in [0.5, 0.6) is 0 Å². The third-order valence-corrected chi connectivity index (χ3v) is 4.44. The summed E-state index contributed by atoms with van der Waals surface area (Å²) in [6.07, 6.45) is -0.635. The van der Waals surface area contributed by atoms with Gasteiger partial charge in [0.2, 0.25) is 11.9 Å². The van der Waals surface area contributed by atoms with Gasteiger partial charge in [0.25, 0.3) is 5.56 Å². The molecule has 130 valence electrons. The van der Waals surface area contributed by atoms with E-state index in [1.54, 1.807) is 0 Å². The molecule has 24 heavy (non-hydrogen) atoms. The van der Waals surface area contributed by atoms with Crippen molar-refractivity contribution in [1.29, 1.82) is 0 Å². The van der Waals surface area contributed by atoms with E-state index in [4.69, 9.17) is 15.5 Å². The highest BCUT2D eigenvalue weighted by molar-refractivity contribution is 7.52. The molecule has 1 amide bonds. The van der Waals surface area contributed by atoms with Gasteiger partial charge in [-0.2, -0.15) is 4.98 Å². The Morgan fingerprint density at radius 1 is 1.46 bits per heavy atom. The lowest BCUT2D eigenvalue weighted by atomic mass is 10.2. The highest BCUT2D eigenvalue weighted by Gasteiger charge is 2.37. The molecular formula is C11H15N6O6P. The highest BCUT2D eigenvalue weighted by atomic mass is 31.2. The van der Waals surface area contributed by atoms with Crippen LogP contribution in [0.2, 0.25) is 0 Å². The summed E-state index contributed by atoms with van der Waals surface area (Å²) in [6.45, 7) is -0.0955. The summed E-state index contributed by atoms with van der Waals surface area (Å²) in [5.74, 6) is -0.879. The molecule has 0 radical (unpaired) electrons. The van der Waals surface area contributed by atoms with Crippen LogP contribution in [0.15, 0.2) is 11.1 Å². The molecule has 1 aliphatic rings. The number of β-amino-alcohol motifs (C(OH)–C–C–N with tert-alkyl or cyclic N) is 1. The van der Waals surface area contributed by atoms with Crippen molar-refractivity contribution in [3.05, 3.63) is 16.7 Å². The van der Waals surface area contributed by atoms with Crippen molar-refractivity contribution in [1.82, 2.24) is 24.4 Å². The predicted octanol–water partition coefficient (Wildman–Crippen LogP) is -2.38. The van der Waals surface area contributed by atoms with Crippen LogP contribution in [-0.2, 0) is 9.36 Å². The van der Waals surface area contributed by atoms with E-state index < -0.39 is 37.4 Å². The number of nitrogens with one attached hydrogen (secondary N) is 1. The molecule has 0 aliphatic carbocycles. The summed E-state index contributed by atoms with van der Waals surface area (Å²) >= 11 is 0. The van der Waals surface area contributed by atoms with Gasteiger partial charge in [0, 0.05) is 13.1 Å². The Morgan fingerprint density at radius 2 is 2.17 bits per heavy atom. The van der Waals surface area contributed by atoms with E-state index in [0.29, 0.717) is 0 Å². The van der Waals surface area contributed by atoms with Gasteiger partial charge in [-0.1, -0.05) is 0 Å². The maximum absolute atomic E-state index is 11.9. The average molecular weight is 358 g/mol. The van der Waals surface area contributed by atoms with Gasteiger partial charge in [-0.05, 0) is 0 Å². The third kappa shape index (κ3) is 3.04. The zero-order valence-electron chi connectivity index (χ0n) is 12.2. The molecule has 1 fully saturated rings. The number of likely N-dealkylation sites (tertiary alicyclic amines) is 1. The van der Waals surface area contributed by atoms with Crippen LogP contribution < -0.4 is 11.3 Å². The van der Waals surface area contributed by atoms with E-state index in [1.165, 1.54) is 10.9 Å². The largest absolute Gasteiger partial charge is 0.389 e. The molecule has 13 heteroatoms.